The standard InChI is InChI=1S/C46H31N.C42H25NS2.C39H27NS/c1-45(2)37-18-8-3-16-32(37)35-27-44-36(26-41(35)45)34-17-7-12-22-43(34)47(44)28-23-24-33-31-15-6-11-21-40(31)46(42(33)25-28)38-19-9-4-13-29(38)30-14-5-10-20-39(30)46;1-2-9-26(10-3-1)28-19-22-31-35-25-41-36(33-12-5-6-15-39(33)44-41)24-38(35)43(37(31)23-28)29-20-17-27(18-21-29)30-13-8-14-34-32-11-4-7-16-40(32)45-42(30)34;1-39(2)33-15-6-3-10-27(33)31-23-36-32(22-34(31)39)28-11-4-7-16-35(28)40(36)25-20-18-24(19-21-25)26-13-9-14-30-29-12-5-8-17-37(29)41-38(26)30/h3-27H,1-2H3;1-25H;3-23H,1-2H3. The first-order valence-electron chi connectivity index (χ1n) is 46.2. The fourth-order valence-corrected chi connectivity index (χ4v) is 27.6. The Morgan fingerprint density at radius 3 is 1.02 bits per heavy atom. The van der Waals surface area contributed by atoms with Gasteiger partial charge in [-0.1, -0.05) is 349 Å². The molecule has 0 N–H and O–H groups in total. The van der Waals surface area contributed by atoms with E-state index in [1.54, 1.807) is 0 Å². The van der Waals surface area contributed by atoms with E-state index >= 15 is 0 Å². The van der Waals surface area contributed by atoms with Crippen LogP contribution in [0.3, 0.4) is 0 Å². The number of benzene rings is 20. The number of aromatic nitrogens is 3. The highest BCUT2D eigenvalue weighted by Crippen LogP contribution is 2.64. The molecular weight excluding hydrogens is 1660 g/mol. The van der Waals surface area contributed by atoms with E-state index in [2.05, 4.69) is 472 Å². The van der Waals surface area contributed by atoms with Crippen LogP contribution >= 0.6 is 34.0 Å². The van der Waals surface area contributed by atoms with Crippen LogP contribution in [-0.4, -0.2) is 13.7 Å². The molecule has 0 fully saturated rings. The molecule has 133 heavy (non-hydrogen) atoms. The van der Waals surface area contributed by atoms with Crippen LogP contribution in [0.2, 0.25) is 0 Å². The van der Waals surface area contributed by atoms with Crippen molar-refractivity contribution in [2.75, 3.05) is 0 Å². The monoisotopic (exact) mass is 1750 g/mol. The lowest BCUT2D eigenvalue weighted by molar-refractivity contribution is 0.661. The molecule has 0 bridgehead atoms. The first kappa shape index (κ1) is 76.3. The average Bonchev–Trinajstić information content (AvgIpc) is 1.50. The molecule has 0 amide bonds. The van der Waals surface area contributed by atoms with Gasteiger partial charge in [-0.25, -0.2) is 0 Å². The first-order valence-corrected chi connectivity index (χ1v) is 48.7. The molecule has 26 aromatic rings. The molecular formula is C127H83N3S3. The van der Waals surface area contributed by atoms with E-state index in [0.29, 0.717) is 0 Å². The van der Waals surface area contributed by atoms with E-state index in [9.17, 15) is 0 Å². The molecule has 4 aliphatic rings. The third-order valence-corrected chi connectivity index (χ3v) is 33.6. The largest absolute Gasteiger partial charge is 0.309 e. The molecule has 6 heteroatoms. The van der Waals surface area contributed by atoms with Crippen LogP contribution in [-0.2, 0) is 16.2 Å². The van der Waals surface area contributed by atoms with Crippen molar-refractivity contribution in [3.8, 4) is 95.0 Å². The maximum Gasteiger partial charge on any atom is 0.0726 e. The topological polar surface area (TPSA) is 14.8 Å². The summed E-state index contributed by atoms with van der Waals surface area (Å²) < 4.78 is 15.5. The zero-order valence-electron chi connectivity index (χ0n) is 73.6. The summed E-state index contributed by atoms with van der Waals surface area (Å²) in [5, 5.41) is 15.8. The van der Waals surface area contributed by atoms with E-state index in [1.165, 1.54) is 265 Å². The van der Waals surface area contributed by atoms with Crippen LogP contribution in [0, 0.1) is 0 Å². The minimum Gasteiger partial charge on any atom is -0.309 e. The van der Waals surface area contributed by atoms with Gasteiger partial charge in [0.25, 0.3) is 0 Å². The number of para-hydroxylation sites is 2. The van der Waals surface area contributed by atoms with Gasteiger partial charge in [-0.15, -0.1) is 34.0 Å². The Morgan fingerprint density at radius 1 is 0.165 bits per heavy atom. The summed E-state index contributed by atoms with van der Waals surface area (Å²) in [5.41, 5.74) is 40.1. The molecule has 624 valence electrons. The number of hydrogen-bond acceptors (Lipinski definition) is 3. The molecule has 30 rings (SSSR count). The molecule has 0 saturated carbocycles. The van der Waals surface area contributed by atoms with Crippen LogP contribution in [0.1, 0.15) is 72.2 Å². The zero-order chi connectivity index (χ0) is 87.8. The van der Waals surface area contributed by atoms with Gasteiger partial charge in [0.05, 0.1) is 38.5 Å². The molecule has 1 spiro atoms. The van der Waals surface area contributed by atoms with E-state index in [1.807, 2.05) is 34.0 Å². The van der Waals surface area contributed by atoms with Crippen LogP contribution in [0.5, 0.6) is 0 Å². The predicted octanol–water partition coefficient (Wildman–Crippen LogP) is 35.4. The maximum absolute atomic E-state index is 2.52. The molecule has 20 aromatic carbocycles. The number of rotatable bonds is 6. The predicted molar refractivity (Wildman–Crippen MR) is 569 cm³/mol. The van der Waals surface area contributed by atoms with Crippen molar-refractivity contribution in [1.29, 1.82) is 0 Å². The molecule has 0 radical (unpaired) electrons. The third kappa shape index (κ3) is 11.0. The summed E-state index contributed by atoms with van der Waals surface area (Å²) in [5.74, 6) is 0. The van der Waals surface area contributed by atoms with Gasteiger partial charge >= 0.3 is 0 Å². The molecule has 6 heterocycles. The summed E-state index contributed by atoms with van der Waals surface area (Å²) in [4.78, 5) is 0. The second-order valence-electron chi connectivity index (χ2n) is 37.5. The Balaban J connectivity index is 0.0000000998. The van der Waals surface area contributed by atoms with Gasteiger partial charge in [-0.3, -0.25) is 0 Å². The second kappa shape index (κ2) is 28.7. The van der Waals surface area contributed by atoms with Gasteiger partial charge in [-0.05, 0) is 232 Å². The van der Waals surface area contributed by atoms with Gasteiger partial charge in [0, 0.05) is 121 Å². The van der Waals surface area contributed by atoms with Crippen molar-refractivity contribution >= 4 is 160 Å². The second-order valence-corrected chi connectivity index (χ2v) is 40.7. The summed E-state index contributed by atoms with van der Waals surface area (Å²) >= 11 is 5.66. The third-order valence-electron chi connectivity index (χ3n) is 30.0. The summed E-state index contributed by atoms with van der Waals surface area (Å²) in [7, 11) is 0. The van der Waals surface area contributed by atoms with Crippen LogP contribution in [0.4, 0.5) is 0 Å². The summed E-state index contributed by atoms with van der Waals surface area (Å²) in [6.07, 6.45) is 0. The first-order chi connectivity index (χ1) is 65.5. The minimum absolute atomic E-state index is 0.0153. The summed E-state index contributed by atoms with van der Waals surface area (Å²) in [6.45, 7) is 9.46. The Kier molecular flexibility index (Phi) is 16.5. The van der Waals surface area contributed by atoms with Crippen LogP contribution < -0.4 is 0 Å². The van der Waals surface area contributed by atoms with E-state index < -0.39 is 0 Å². The Hall–Kier alpha value is -15.5. The van der Waals surface area contributed by atoms with Gasteiger partial charge in [-0.2, -0.15) is 0 Å². The zero-order valence-corrected chi connectivity index (χ0v) is 76.0. The highest BCUT2D eigenvalue weighted by molar-refractivity contribution is 7.27. The Bertz CT molecular complexity index is 9400. The number of fused-ring (bicyclic) bond motifs is 34. The number of nitrogens with zero attached hydrogens (tertiary/aromatic N) is 3. The molecule has 0 saturated heterocycles. The SMILES string of the molecule is CC1(C)c2ccccc2-c2cc3c(cc21)c1ccccc1n3-c1ccc(-c2cccc3c2sc2ccccc23)cc1.CC1(C)c2ccccc2-c2cc3c(cc21)c1ccccc1n3-c1ccc2c(c1)C1(c3ccccc3-c3ccccc31)c1ccccc1-2.c1ccc(-c2ccc3c4cc5sc6ccccc6c5cc4n(-c4ccc(-c5cccc6c5sc5ccccc56)cc4)c3c2)cc1. The van der Waals surface area contributed by atoms with Crippen molar-refractivity contribution < 1.29 is 0 Å². The van der Waals surface area contributed by atoms with Gasteiger partial charge in [0.15, 0.2) is 0 Å². The van der Waals surface area contributed by atoms with Crippen LogP contribution in [0.25, 0.3) is 221 Å². The smallest absolute Gasteiger partial charge is 0.0726 e. The number of hydrogen-bond donors (Lipinski definition) is 0. The quantitative estimate of drug-likeness (QED) is 0.158. The lowest BCUT2D eigenvalue weighted by Gasteiger charge is -2.30. The van der Waals surface area contributed by atoms with Crippen LogP contribution in [0.15, 0.2) is 431 Å². The molecule has 6 aromatic heterocycles. The van der Waals surface area contributed by atoms with Gasteiger partial charge in [0.1, 0.15) is 0 Å². The van der Waals surface area contributed by atoms with E-state index in [-0.39, 0.29) is 16.2 Å². The molecule has 0 unspecified atom stereocenters. The summed E-state index contributed by atoms with van der Waals surface area (Å²) in [6, 6.07) is 160. The van der Waals surface area contributed by atoms with Crippen molar-refractivity contribution in [3.05, 3.63) is 475 Å². The number of thiophene rings is 3. The average molecular weight is 1750 g/mol. The molecule has 3 nitrogen and oxygen atoms in total. The maximum atomic E-state index is 2.52. The highest BCUT2D eigenvalue weighted by Gasteiger charge is 2.52. The fourth-order valence-electron chi connectivity index (χ4n) is 24.0. The van der Waals surface area contributed by atoms with Gasteiger partial charge < -0.3 is 13.7 Å². The Morgan fingerprint density at radius 2 is 0.511 bits per heavy atom. The molecule has 0 aliphatic heterocycles. The Labute approximate surface area is 781 Å². The lowest BCUT2D eigenvalue weighted by Crippen LogP contribution is -2.26. The minimum atomic E-state index is -0.363. The van der Waals surface area contributed by atoms with Crippen molar-refractivity contribution in [2.45, 2.75) is 43.9 Å². The van der Waals surface area contributed by atoms with Crippen molar-refractivity contribution in [2.24, 2.45) is 0 Å². The normalized spacial score (nSPS) is 13.7. The highest BCUT2D eigenvalue weighted by atomic mass is 32.1. The van der Waals surface area contributed by atoms with E-state index in [4.69, 9.17) is 0 Å². The van der Waals surface area contributed by atoms with E-state index in [0.717, 1.165) is 0 Å². The van der Waals surface area contributed by atoms with Crippen molar-refractivity contribution in [1.82, 2.24) is 13.7 Å². The van der Waals surface area contributed by atoms with Gasteiger partial charge in [0.2, 0.25) is 0 Å². The molecule has 4 aliphatic carbocycles. The van der Waals surface area contributed by atoms with Crippen molar-refractivity contribution in [3.63, 3.8) is 0 Å². The lowest BCUT2D eigenvalue weighted by atomic mass is 9.70. The molecule has 0 atom stereocenters. The fraction of sp³-hybridized carbons (Fsp3) is 0.0551.